The maximum absolute atomic E-state index is 10.6. The number of rotatable bonds is 6. The van der Waals surface area contributed by atoms with Gasteiger partial charge in [-0.1, -0.05) is 6.92 Å². The van der Waals surface area contributed by atoms with Gasteiger partial charge in [-0.3, -0.25) is 0 Å². The molecule has 0 amide bonds. The number of hydrogen-bond acceptors (Lipinski definition) is 4. The van der Waals surface area contributed by atoms with Crippen LogP contribution < -0.4 is 9.47 Å². The van der Waals surface area contributed by atoms with Crippen molar-refractivity contribution >= 4 is 18.0 Å². The largest absolute Gasteiger partial charge is 0.497 e. The van der Waals surface area contributed by atoms with Gasteiger partial charge in [0.1, 0.15) is 17.8 Å². The molecule has 94 valence electrons. The molecule has 1 unspecified atom stereocenters. The predicted octanol–water partition coefficient (Wildman–Crippen LogP) is 3.12. The molecule has 0 aliphatic heterocycles. The molecule has 0 bridgehead atoms. The lowest BCUT2D eigenvalue weighted by atomic mass is 9.97. The molecule has 17 heavy (non-hydrogen) atoms. The van der Waals surface area contributed by atoms with Crippen molar-refractivity contribution < 1.29 is 14.3 Å². The molecule has 1 rings (SSSR count). The van der Waals surface area contributed by atoms with Crippen LogP contribution >= 0.6 is 11.8 Å². The van der Waals surface area contributed by atoms with E-state index in [1.165, 1.54) is 0 Å². The van der Waals surface area contributed by atoms with Gasteiger partial charge in [-0.15, -0.1) is 11.8 Å². The zero-order chi connectivity index (χ0) is 12.8. The van der Waals surface area contributed by atoms with E-state index < -0.39 is 0 Å². The Labute approximate surface area is 106 Å². The lowest BCUT2D eigenvalue weighted by Gasteiger charge is -2.17. The minimum absolute atomic E-state index is 0.128. The van der Waals surface area contributed by atoms with Crippen LogP contribution in [0, 0.1) is 0 Å². The molecule has 0 N–H and O–H groups in total. The molecule has 1 aromatic rings. The Balaban J connectivity index is 3.27. The highest BCUT2D eigenvalue weighted by molar-refractivity contribution is 7.98. The van der Waals surface area contributed by atoms with E-state index in [4.69, 9.17) is 9.47 Å². The van der Waals surface area contributed by atoms with Crippen molar-refractivity contribution in [3.8, 4) is 11.5 Å². The molecule has 1 aromatic carbocycles. The summed E-state index contributed by atoms with van der Waals surface area (Å²) in [5.74, 6) is 1.76. The summed E-state index contributed by atoms with van der Waals surface area (Å²) in [6, 6.07) is 3.88. The number of hydrogen-bond donors (Lipinski definition) is 0. The van der Waals surface area contributed by atoms with Gasteiger partial charge in [0.05, 0.1) is 19.1 Å². The van der Waals surface area contributed by atoms with E-state index in [2.05, 4.69) is 0 Å². The summed E-state index contributed by atoms with van der Waals surface area (Å²) >= 11 is 1.61. The average Bonchev–Trinajstić information content (AvgIpc) is 2.37. The van der Waals surface area contributed by atoms with Crippen molar-refractivity contribution in [2.75, 3.05) is 20.5 Å². The van der Waals surface area contributed by atoms with Crippen molar-refractivity contribution in [1.82, 2.24) is 0 Å². The number of methoxy groups -OCH3 is 2. The summed E-state index contributed by atoms with van der Waals surface area (Å²) in [5.41, 5.74) is 1.02. The molecule has 3 nitrogen and oxygen atoms in total. The van der Waals surface area contributed by atoms with Gasteiger partial charge in [-0.05, 0) is 24.3 Å². The highest BCUT2D eigenvalue weighted by Gasteiger charge is 2.16. The quantitative estimate of drug-likeness (QED) is 0.577. The first kappa shape index (κ1) is 13.9. The van der Waals surface area contributed by atoms with E-state index in [-0.39, 0.29) is 5.92 Å². The molecule has 0 saturated carbocycles. The van der Waals surface area contributed by atoms with Crippen LogP contribution in [0.3, 0.4) is 0 Å². The van der Waals surface area contributed by atoms with Crippen molar-refractivity contribution in [2.24, 2.45) is 0 Å². The van der Waals surface area contributed by atoms with E-state index in [1.807, 2.05) is 25.3 Å². The maximum Gasteiger partial charge on any atom is 0.136 e. The fourth-order valence-corrected chi connectivity index (χ4v) is 2.34. The minimum Gasteiger partial charge on any atom is -0.497 e. The zero-order valence-corrected chi connectivity index (χ0v) is 11.5. The molecule has 0 spiro atoms. The summed E-state index contributed by atoms with van der Waals surface area (Å²) in [6.07, 6.45) is 3.41. The molecule has 0 radical (unpaired) electrons. The van der Waals surface area contributed by atoms with E-state index in [9.17, 15) is 4.79 Å². The normalized spacial score (nSPS) is 12.0. The van der Waals surface area contributed by atoms with Crippen molar-refractivity contribution in [3.63, 3.8) is 0 Å². The van der Waals surface area contributed by atoms with Crippen LogP contribution in [0.25, 0.3) is 0 Å². The van der Waals surface area contributed by atoms with E-state index in [0.29, 0.717) is 6.42 Å². The SMILES string of the molecule is COc1cc(SC)c(OC)c(C(C)CC=O)c1. The highest BCUT2D eigenvalue weighted by atomic mass is 32.2. The maximum atomic E-state index is 10.6. The van der Waals surface area contributed by atoms with Crippen molar-refractivity contribution in [2.45, 2.75) is 24.2 Å². The second-order valence-electron chi connectivity index (χ2n) is 3.76. The van der Waals surface area contributed by atoms with Crippen LogP contribution in [0.15, 0.2) is 17.0 Å². The van der Waals surface area contributed by atoms with E-state index >= 15 is 0 Å². The Morgan fingerprint density at radius 1 is 1.35 bits per heavy atom. The first-order valence-corrected chi connectivity index (χ1v) is 6.63. The Bertz CT molecular complexity index is 390. The van der Waals surface area contributed by atoms with Gasteiger partial charge in [0.2, 0.25) is 0 Å². The van der Waals surface area contributed by atoms with Gasteiger partial charge >= 0.3 is 0 Å². The van der Waals surface area contributed by atoms with Crippen LogP contribution in [0.1, 0.15) is 24.8 Å². The lowest BCUT2D eigenvalue weighted by Crippen LogP contribution is -2.01. The van der Waals surface area contributed by atoms with Crippen LogP contribution in [0.4, 0.5) is 0 Å². The molecule has 4 heteroatoms. The van der Waals surface area contributed by atoms with Gasteiger partial charge in [-0.25, -0.2) is 0 Å². The van der Waals surface area contributed by atoms with Gasteiger partial charge in [-0.2, -0.15) is 0 Å². The van der Waals surface area contributed by atoms with Gasteiger partial charge in [0.15, 0.2) is 0 Å². The number of carbonyl (C=O) groups is 1. The Morgan fingerprint density at radius 3 is 2.53 bits per heavy atom. The number of carbonyl (C=O) groups excluding carboxylic acids is 1. The number of thioether (sulfide) groups is 1. The Kier molecular flexibility index (Phi) is 5.35. The molecule has 0 aliphatic rings. The summed E-state index contributed by atoms with van der Waals surface area (Å²) in [5, 5.41) is 0. The first-order chi connectivity index (χ1) is 8.17. The highest BCUT2D eigenvalue weighted by Crippen LogP contribution is 2.39. The number of aldehydes is 1. The smallest absolute Gasteiger partial charge is 0.136 e. The molecule has 0 saturated heterocycles. The standard InChI is InChI=1S/C13H18O3S/c1-9(5-6-14)11-7-10(15-2)8-12(17-4)13(11)16-3/h6-9H,5H2,1-4H3. The first-order valence-electron chi connectivity index (χ1n) is 5.41. The third-order valence-electron chi connectivity index (χ3n) is 2.70. The number of ether oxygens (including phenoxy) is 2. The monoisotopic (exact) mass is 254 g/mol. The summed E-state index contributed by atoms with van der Waals surface area (Å²) < 4.78 is 10.7. The molecule has 1 atom stereocenters. The number of benzene rings is 1. The fourth-order valence-electron chi connectivity index (χ4n) is 1.72. The zero-order valence-electron chi connectivity index (χ0n) is 10.6. The summed E-state index contributed by atoms with van der Waals surface area (Å²) in [6.45, 7) is 2.01. The lowest BCUT2D eigenvalue weighted by molar-refractivity contribution is -0.108. The van der Waals surface area contributed by atoms with E-state index in [1.54, 1.807) is 26.0 Å². The van der Waals surface area contributed by atoms with Gasteiger partial charge in [0.25, 0.3) is 0 Å². The van der Waals surface area contributed by atoms with Gasteiger partial charge in [0, 0.05) is 12.0 Å². The second-order valence-corrected chi connectivity index (χ2v) is 4.60. The van der Waals surface area contributed by atoms with Crippen LogP contribution in [-0.4, -0.2) is 26.8 Å². The topological polar surface area (TPSA) is 35.5 Å². The Morgan fingerprint density at radius 2 is 2.06 bits per heavy atom. The molecule has 0 aliphatic carbocycles. The molecular weight excluding hydrogens is 236 g/mol. The third kappa shape index (κ3) is 3.16. The molecule has 0 heterocycles. The fraction of sp³-hybridized carbons (Fsp3) is 0.462. The predicted molar refractivity (Wildman–Crippen MR) is 70.4 cm³/mol. The van der Waals surface area contributed by atoms with Crippen molar-refractivity contribution in [3.05, 3.63) is 17.7 Å². The van der Waals surface area contributed by atoms with Crippen LogP contribution in [0.5, 0.6) is 11.5 Å². The average molecular weight is 254 g/mol. The van der Waals surface area contributed by atoms with Crippen molar-refractivity contribution in [1.29, 1.82) is 0 Å². The second kappa shape index (κ2) is 6.55. The minimum atomic E-state index is 0.128. The molecule has 0 fully saturated rings. The Hall–Kier alpha value is -1.16. The third-order valence-corrected chi connectivity index (χ3v) is 3.44. The molecular formula is C13H18O3S. The molecule has 0 aromatic heterocycles. The summed E-state index contributed by atoms with van der Waals surface area (Å²) in [7, 11) is 3.29. The van der Waals surface area contributed by atoms with Crippen LogP contribution in [0.2, 0.25) is 0 Å². The van der Waals surface area contributed by atoms with E-state index in [0.717, 1.165) is 28.2 Å². The summed E-state index contributed by atoms with van der Waals surface area (Å²) in [4.78, 5) is 11.6. The van der Waals surface area contributed by atoms with Crippen LogP contribution in [-0.2, 0) is 4.79 Å². The van der Waals surface area contributed by atoms with Gasteiger partial charge < -0.3 is 14.3 Å².